The van der Waals surface area contributed by atoms with Crippen molar-refractivity contribution >= 4 is 12.0 Å². The second-order valence-corrected chi connectivity index (χ2v) is 5.15. The van der Waals surface area contributed by atoms with Gasteiger partial charge in [-0.25, -0.2) is 4.79 Å². The molecule has 1 aliphatic heterocycles. The minimum Gasteiger partial charge on any atom is -0.410 e. The number of para-hydroxylation sites is 1. The van der Waals surface area contributed by atoms with Gasteiger partial charge in [0.25, 0.3) is 0 Å². The van der Waals surface area contributed by atoms with E-state index in [1.807, 2.05) is 23.1 Å². The van der Waals surface area contributed by atoms with E-state index < -0.39 is 0 Å². The van der Waals surface area contributed by atoms with Crippen molar-refractivity contribution in [3.05, 3.63) is 30.3 Å². The average molecular weight is 290 g/mol. The number of rotatable bonds is 4. The van der Waals surface area contributed by atoms with Crippen molar-refractivity contribution in [1.29, 1.82) is 0 Å². The summed E-state index contributed by atoms with van der Waals surface area (Å²) in [5.74, 6) is 0.733. The number of ether oxygens (including phenoxy) is 1. The topological polar surface area (TPSA) is 49.9 Å². The summed E-state index contributed by atoms with van der Waals surface area (Å²) in [6.07, 6.45) is 2.21. The highest BCUT2D eigenvalue weighted by molar-refractivity contribution is 5.77. The molecular formula is C16H22N2O3. The van der Waals surface area contributed by atoms with Crippen LogP contribution >= 0.6 is 0 Å². The normalized spacial score (nSPS) is 14.9. The maximum atomic E-state index is 12.0. The van der Waals surface area contributed by atoms with E-state index in [1.54, 1.807) is 17.0 Å². The Kier molecular flexibility index (Phi) is 5.60. The first kappa shape index (κ1) is 15.4. The van der Waals surface area contributed by atoms with Crippen molar-refractivity contribution in [2.45, 2.75) is 26.2 Å². The number of carbonyl (C=O) groups excluding carboxylic acids is 2. The predicted molar refractivity (Wildman–Crippen MR) is 80.1 cm³/mol. The van der Waals surface area contributed by atoms with E-state index in [0.29, 0.717) is 38.3 Å². The largest absolute Gasteiger partial charge is 0.415 e. The van der Waals surface area contributed by atoms with Crippen molar-refractivity contribution in [3.8, 4) is 5.75 Å². The SMILES string of the molecule is CCCCC(=O)N1CCN(C(=O)Oc2ccccc2)CC1. The lowest BCUT2D eigenvalue weighted by molar-refractivity contribution is -0.132. The zero-order chi connectivity index (χ0) is 15.1. The number of unbranched alkanes of at least 4 members (excludes halogenated alkanes) is 1. The van der Waals surface area contributed by atoms with Gasteiger partial charge in [-0.2, -0.15) is 0 Å². The van der Waals surface area contributed by atoms with Crippen LogP contribution in [0.1, 0.15) is 26.2 Å². The van der Waals surface area contributed by atoms with E-state index in [2.05, 4.69) is 6.92 Å². The summed E-state index contributed by atoms with van der Waals surface area (Å²) in [7, 11) is 0. The second kappa shape index (κ2) is 7.67. The molecule has 5 nitrogen and oxygen atoms in total. The van der Waals surface area contributed by atoms with Crippen molar-refractivity contribution in [2.75, 3.05) is 26.2 Å². The van der Waals surface area contributed by atoms with E-state index >= 15 is 0 Å². The van der Waals surface area contributed by atoms with Gasteiger partial charge in [-0.3, -0.25) is 4.79 Å². The van der Waals surface area contributed by atoms with Crippen LogP contribution in [0.5, 0.6) is 5.75 Å². The molecular weight excluding hydrogens is 268 g/mol. The molecule has 1 fully saturated rings. The number of benzene rings is 1. The fourth-order valence-corrected chi connectivity index (χ4v) is 2.28. The monoisotopic (exact) mass is 290 g/mol. The zero-order valence-electron chi connectivity index (χ0n) is 12.5. The maximum Gasteiger partial charge on any atom is 0.415 e. The molecule has 21 heavy (non-hydrogen) atoms. The molecule has 114 valence electrons. The Morgan fingerprint density at radius 2 is 1.67 bits per heavy atom. The van der Waals surface area contributed by atoms with Crippen LogP contribution in [0.15, 0.2) is 30.3 Å². The van der Waals surface area contributed by atoms with Crippen molar-refractivity contribution in [2.24, 2.45) is 0 Å². The third kappa shape index (κ3) is 4.48. The molecule has 2 amide bonds. The van der Waals surface area contributed by atoms with Crippen LogP contribution in [0.4, 0.5) is 4.79 Å². The number of hydrogen-bond acceptors (Lipinski definition) is 3. The lowest BCUT2D eigenvalue weighted by Crippen LogP contribution is -2.51. The van der Waals surface area contributed by atoms with Crippen molar-refractivity contribution < 1.29 is 14.3 Å². The molecule has 0 aromatic heterocycles. The molecule has 0 saturated carbocycles. The first-order valence-corrected chi connectivity index (χ1v) is 7.50. The molecule has 0 radical (unpaired) electrons. The fraction of sp³-hybridized carbons (Fsp3) is 0.500. The second-order valence-electron chi connectivity index (χ2n) is 5.15. The van der Waals surface area contributed by atoms with E-state index in [4.69, 9.17) is 4.74 Å². The number of hydrogen-bond donors (Lipinski definition) is 0. The van der Waals surface area contributed by atoms with Gasteiger partial charge in [0.2, 0.25) is 5.91 Å². The fourth-order valence-electron chi connectivity index (χ4n) is 2.28. The van der Waals surface area contributed by atoms with Gasteiger partial charge >= 0.3 is 6.09 Å². The molecule has 5 heteroatoms. The highest BCUT2D eigenvalue weighted by Crippen LogP contribution is 2.12. The molecule has 1 aliphatic rings. The molecule has 1 saturated heterocycles. The standard InChI is InChI=1S/C16H22N2O3/c1-2-3-9-15(19)17-10-12-18(13-11-17)16(20)21-14-7-5-4-6-8-14/h4-8H,2-3,9-13H2,1H3. The Balaban J connectivity index is 1.78. The quantitative estimate of drug-likeness (QED) is 0.856. The van der Waals surface area contributed by atoms with E-state index in [1.165, 1.54) is 0 Å². The molecule has 1 aromatic carbocycles. The predicted octanol–water partition coefficient (Wildman–Crippen LogP) is 2.52. The van der Waals surface area contributed by atoms with Crippen LogP contribution in [0.2, 0.25) is 0 Å². The average Bonchev–Trinajstić information content (AvgIpc) is 2.53. The molecule has 0 aliphatic carbocycles. The van der Waals surface area contributed by atoms with E-state index in [-0.39, 0.29) is 12.0 Å². The van der Waals surface area contributed by atoms with Crippen LogP contribution in [0.3, 0.4) is 0 Å². The molecule has 1 aromatic rings. The minimum atomic E-state index is -0.346. The minimum absolute atomic E-state index is 0.188. The summed E-state index contributed by atoms with van der Waals surface area (Å²) in [4.78, 5) is 27.4. The summed E-state index contributed by atoms with van der Waals surface area (Å²) in [5, 5.41) is 0. The summed E-state index contributed by atoms with van der Waals surface area (Å²) in [6.45, 7) is 4.32. The summed E-state index contributed by atoms with van der Waals surface area (Å²) >= 11 is 0. The van der Waals surface area contributed by atoms with Crippen LogP contribution < -0.4 is 4.74 Å². The van der Waals surface area contributed by atoms with Crippen LogP contribution in [0, 0.1) is 0 Å². The molecule has 2 rings (SSSR count). The Bertz CT molecular complexity index is 468. The number of amides is 2. The number of carbonyl (C=O) groups is 2. The van der Waals surface area contributed by atoms with Gasteiger partial charge in [0.1, 0.15) is 5.75 Å². The van der Waals surface area contributed by atoms with E-state index in [0.717, 1.165) is 12.8 Å². The summed E-state index contributed by atoms with van der Waals surface area (Å²) in [6, 6.07) is 9.03. The Morgan fingerprint density at radius 1 is 1.05 bits per heavy atom. The van der Waals surface area contributed by atoms with E-state index in [9.17, 15) is 9.59 Å². The van der Waals surface area contributed by atoms with Crippen LogP contribution in [-0.4, -0.2) is 48.0 Å². The van der Waals surface area contributed by atoms with Gasteiger partial charge in [-0.15, -0.1) is 0 Å². The first-order chi connectivity index (χ1) is 10.2. The van der Waals surface area contributed by atoms with Gasteiger partial charge in [0.05, 0.1) is 0 Å². The molecule has 0 N–H and O–H groups in total. The van der Waals surface area contributed by atoms with Gasteiger partial charge < -0.3 is 14.5 Å². The lowest BCUT2D eigenvalue weighted by Gasteiger charge is -2.34. The van der Waals surface area contributed by atoms with Crippen LogP contribution in [-0.2, 0) is 4.79 Å². The molecule has 0 unspecified atom stereocenters. The van der Waals surface area contributed by atoms with Gasteiger partial charge in [0.15, 0.2) is 0 Å². The first-order valence-electron chi connectivity index (χ1n) is 7.50. The molecule has 0 atom stereocenters. The van der Waals surface area contributed by atoms with Crippen LogP contribution in [0.25, 0.3) is 0 Å². The zero-order valence-corrected chi connectivity index (χ0v) is 12.5. The molecule has 1 heterocycles. The molecule has 0 spiro atoms. The number of piperazine rings is 1. The van der Waals surface area contributed by atoms with Gasteiger partial charge in [-0.05, 0) is 18.6 Å². The van der Waals surface area contributed by atoms with Gasteiger partial charge in [-0.1, -0.05) is 31.5 Å². The van der Waals surface area contributed by atoms with Crippen molar-refractivity contribution in [1.82, 2.24) is 9.80 Å². The smallest absolute Gasteiger partial charge is 0.410 e. The highest BCUT2D eigenvalue weighted by Gasteiger charge is 2.24. The third-order valence-electron chi connectivity index (χ3n) is 3.58. The highest BCUT2D eigenvalue weighted by atomic mass is 16.6. The molecule has 0 bridgehead atoms. The number of nitrogens with zero attached hydrogens (tertiary/aromatic N) is 2. The Hall–Kier alpha value is -2.04. The van der Waals surface area contributed by atoms with Gasteiger partial charge in [0, 0.05) is 32.6 Å². The third-order valence-corrected chi connectivity index (χ3v) is 3.58. The summed E-state index contributed by atoms with van der Waals surface area (Å²) in [5.41, 5.74) is 0. The summed E-state index contributed by atoms with van der Waals surface area (Å²) < 4.78 is 5.30. The maximum absolute atomic E-state index is 12.0. The van der Waals surface area contributed by atoms with Crippen molar-refractivity contribution in [3.63, 3.8) is 0 Å². The Morgan fingerprint density at radius 3 is 2.29 bits per heavy atom. The lowest BCUT2D eigenvalue weighted by atomic mass is 10.2. The Labute approximate surface area is 125 Å².